The molecule has 0 aliphatic rings. The number of carbonyl (C=O) groups is 1. The van der Waals surface area contributed by atoms with Crippen molar-refractivity contribution < 1.29 is 18.0 Å². The van der Waals surface area contributed by atoms with Crippen LogP contribution in [0.3, 0.4) is 0 Å². The highest BCUT2D eigenvalue weighted by atomic mass is 32.1. The van der Waals surface area contributed by atoms with Gasteiger partial charge in [-0.15, -0.1) is 11.3 Å². The van der Waals surface area contributed by atoms with E-state index in [1.54, 1.807) is 17.8 Å². The van der Waals surface area contributed by atoms with E-state index in [1.165, 1.54) is 28.4 Å². The molecule has 136 valence electrons. The number of nitrogens with zero attached hydrogens (tertiary/aromatic N) is 3. The van der Waals surface area contributed by atoms with Crippen LogP contribution in [-0.2, 0) is 6.18 Å². The second kappa shape index (κ2) is 7.86. The van der Waals surface area contributed by atoms with Crippen molar-refractivity contribution in [2.45, 2.75) is 32.9 Å². The quantitative estimate of drug-likeness (QED) is 0.773. The zero-order valence-corrected chi connectivity index (χ0v) is 15.1. The van der Waals surface area contributed by atoms with Crippen LogP contribution in [-0.4, -0.2) is 29.1 Å². The van der Waals surface area contributed by atoms with Crippen LogP contribution in [0.2, 0.25) is 0 Å². The highest BCUT2D eigenvalue weighted by molar-refractivity contribution is 7.09. The van der Waals surface area contributed by atoms with Gasteiger partial charge < -0.3 is 4.90 Å². The van der Waals surface area contributed by atoms with Gasteiger partial charge in [0.15, 0.2) is 4.80 Å². The number of rotatable bonds is 4. The minimum Gasteiger partial charge on any atom is -0.326 e. The normalized spacial score (nSPS) is 12.5. The molecule has 1 aromatic carbocycles. The lowest BCUT2D eigenvalue weighted by Crippen LogP contribution is -2.27. The summed E-state index contributed by atoms with van der Waals surface area (Å²) in [6.45, 7) is 4.51. The van der Waals surface area contributed by atoms with Crippen molar-refractivity contribution in [1.82, 2.24) is 9.47 Å². The zero-order chi connectivity index (χ0) is 18.6. The third kappa shape index (κ3) is 4.94. The van der Waals surface area contributed by atoms with E-state index < -0.39 is 11.7 Å². The summed E-state index contributed by atoms with van der Waals surface area (Å²) in [6.07, 6.45) is -0.758. The van der Waals surface area contributed by atoms with Gasteiger partial charge in [0.2, 0.25) is 0 Å². The summed E-state index contributed by atoms with van der Waals surface area (Å²) in [5.41, 5.74) is -0.183. The fourth-order valence-corrected chi connectivity index (χ4v) is 3.01. The third-order valence-electron chi connectivity index (χ3n) is 3.61. The molecule has 0 aliphatic carbocycles. The lowest BCUT2D eigenvalue weighted by atomic mass is 10.2. The average Bonchev–Trinajstić information content (AvgIpc) is 2.92. The van der Waals surface area contributed by atoms with Crippen molar-refractivity contribution in [3.05, 3.63) is 45.7 Å². The molecule has 0 spiro atoms. The van der Waals surface area contributed by atoms with Crippen molar-refractivity contribution in [3.63, 3.8) is 0 Å². The number of amides is 2. The van der Waals surface area contributed by atoms with Crippen LogP contribution < -0.4 is 4.80 Å². The zero-order valence-electron chi connectivity index (χ0n) is 14.3. The number of aromatic nitrogens is 1. The minimum absolute atomic E-state index is 0.365. The highest BCUT2D eigenvalue weighted by Crippen LogP contribution is 2.29. The van der Waals surface area contributed by atoms with Crippen LogP contribution in [0.4, 0.5) is 18.0 Å². The van der Waals surface area contributed by atoms with Gasteiger partial charge in [-0.1, -0.05) is 13.3 Å². The third-order valence-corrected chi connectivity index (χ3v) is 4.50. The van der Waals surface area contributed by atoms with Crippen LogP contribution in [0.25, 0.3) is 5.69 Å². The van der Waals surface area contributed by atoms with Crippen LogP contribution in [0.1, 0.15) is 30.2 Å². The molecule has 0 fully saturated rings. The molecule has 0 saturated carbocycles. The summed E-state index contributed by atoms with van der Waals surface area (Å²) in [5.74, 6) is 0. The molecule has 0 N–H and O–H groups in total. The fraction of sp³-hybridized carbons (Fsp3) is 0.412. The second-order valence-corrected chi connectivity index (χ2v) is 6.92. The Labute approximate surface area is 148 Å². The largest absolute Gasteiger partial charge is 0.416 e. The first-order valence-corrected chi connectivity index (χ1v) is 8.70. The molecule has 0 aliphatic heterocycles. The van der Waals surface area contributed by atoms with Crippen molar-refractivity contribution in [2.24, 2.45) is 4.99 Å². The number of benzene rings is 1. The molecule has 0 saturated heterocycles. The smallest absolute Gasteiger partial charge is 0.326 e. The van der Waals surface area contributed by atoms with Gasteiger partial charge in [0, 0.05) is 30.4 Å². The number of thiazole rings is 1. The van der Waals surface area contributed by atoms with Gasteiger partial charge in [-0.25, -0.2) is 4.79 Å². The molecular weight excluding hydrogens is 351 g/mol. The van der Waals surface area contributed by atoms with E-state index in [1.807, 2.05) is 13.8 Å². The molecule has 2 amide bonds. The molecule has 4 nitrogen and oxygen atoms in total. The Morgan fingerprint density at radius 2 is 1.92 bits per heavy atom. The monoisotopic (exact) mass is 371 g/mol. The van der Waals surface area contributed by atoms with E-state index in [0.29, 0.717) is 17.0 Å². The number of aryl methyl sites for hydroxylation is 1. The highest BCUT2D eigenvalue weighted by Gasteiger charge is 2.30. The maximum absolute atomic E-state index is 12.7. The van der Waals surface area contributed by atoms with Gasteiger partial charge in [-0.3, -0.25) is 4.57 Å². The van der Waals surface area contributed by atoms with Crippen LogP contribution in [0.15, 0.2) is 35.5 Å². The van der Waals surface area contributed by atoms with E-state index in [-0.39, 0.29) is 6.03 Å². The van der Waals surface area contributed by atoms with E-state index >= 15 is 0 Å². The minimum atomic E-state index is -4.38. The Bertz CT molecular complexity index is 791. The van der Waals surface area contributed by atoms with Crippen LogP contribution in [0, 0.1) is 6.92 Å². The average molecular weight is 371 g/mol. The molecule has 25 heavy (non-hydrogen) atoms. The number of carbonyl (C=O) groups excluding carboxylic acids is 1. The van der Waals surface area contributed by atoms with Gasteiger partial charge in [-0.05, 0) is 37.6 Å². The van der Waals surface area contributed by atoms with Crippen LogP contribution in [0.5, 0.6) is 0 Å². The summed E-state index contributed by atoms with van der Waals surface area (Å²) >= 11 is 1.32. The Morgan fingerprint density at radius 1 is 1.28 bits per heavy atom. The first-order valence-electron chi connectivity index (χ1n) is 7.89. The molecule has 0 unspecified atom stereocenters. The lowest BCUT2D eigenvalue weighted by molar-refractivity contribution is -0.137. The SMILES string of the molecule is CCCCN(C)C(=O)/N=c1\sc(C)cn1-c1ccc(C(F)(F)F)cc1. The predicted octanol–water partition coefficient (Wildman–Crippen LogP) is 4.62. The maximum atomic E-state index is 12.7. The van der Waals surface area contributed by atoms with E-state index in [2.05, 4.69) is 4.99 Å². The Hall–Kier alpha value is -2.09. The standard InChI is InChI=1S/C17H20F3N3OS/c1-4-5-10-22(3)15(24)21-16-23(11-12(2)25-16)14-8-6-13(7-9-14)17(18,19)20/h6-9,11H,4-5,10H2,1-3H3/b21-16-. The van der Waals surface area contributed by atoms with Gasteiger partial charge in [0.25, 0.3) is 0 Å². The Morgan fingerprint density at radius 3 is 2.48 bits per heavy atom. The Balaban J connectivity index is 2.35. The van der Waals surface area contributed by atoms with Crippen molar-refractivity contribution in [1.29, 1.82) is 0 Å². The Kier molecular flexibility index (Phi) is 6.05. The molecule has 0 radical (unpaired) electrons. The summed E-state index contributed by atoms with van der Waals surface area (Å²) in [5, 5.41) is 0. The fourth-order valence-electron chi connectivity index (χ4n) is 2.19. The van der Waals surface area contributed by atoms with Gasteiger partial charge >= 0.3 is 12.2 Å². The second-order valence-electron chi connectivity index (χ2n) is 5.71. The predicted molar refractivity (Wildman–Crippen MR) is 91.9 cm³/mol. The van der Waals surface area contributed by atoms with Crippen molar-refractivity contribution in [2.75, 3.05) is 13.6 Å². The summed E-state index contributed by atoms with van der Waals surface area (Å²) < 4.78 is 39.7. The molecule has 2 aromatic rings. The first-order chi connectivity index (χ1) is 11.7. The van der Waals surface area contributed by atoms with E-state index in [9.17, 15) is 18.0 Å². The molecule has 1 heterocycles. The molecule has 0 atom stereocenters. The van der Waals surface area contributed by atoms with E-state index in [4.69, 9.17) is 0 Å². The van der Waals surface area contributed by atoms with Gasteiger partial charge in [0.1, 0.15) is 0 Å². The number of halogens is 3. The number of urea groups is 1. The van der Waals surface area contributed by atoms with Crippen LogP contribution >= 0.6 is 11.3 Å². The van der Waals surface area contributed by atoms with E-state index in [0.717, 1.165) is 29.9 Å². The number of hydrogen-bond acceptors (Lipinski definition) is 2. The van der Waals surface area contributed by atoms with Gasteiger partial charge in [-0.2, -0.15) is 18.2 Å². The maximum Gasteiger partial charge on any atom is 0.416 e. The molecular formula is C17H20F3N3OS. The number of hydrogen-bond donors (Lipinski definition) is 0. The summed E-state index contributed by atoms with van der Waals surface area (Å²) in [4.78, 5) is 19.2. The summed E-state index contributed by atoms with van der Waals surface area (Å²) in [6, 6.07) is 4.43. The van der Waals surface area contributed by atoms with Crippen molar-refractivity contribution in [3.8, 4) is 5.69 Å². The lowest BCUT2D eigenvalue weighted by Gasteiger charge is -2.13. The van der Waals surface area contributed by atoms with Crippen molar-refractivity contribution >= 4 is 17.4 Å². The number of unbranched alkanes of at least 4 members (excludes halogenated alkanes) is 1. The van der Waals surface area contributed by atoms with Gasteiger partial charge in [0.05, 0.1) is 5.56 Å². The molecule has 0 bridgehead atoms. The summed E-state index contributed by atoms with van der Waals surface area (Å²) in [7, 11) is 1.68. The first kappa shape index (κ1) is 19.2. The molecule has 1 aromatic heterocycles. The number of alkyl halides is 3. The molecule has 2 rings (SSSR count). The molecule has 8 heteroatoms. The topological polar surface area (TPSA) is 37.6 Å².